The molecule has 2 aromatic heterocycles. The van der Waals surface area contributed by atoms with Gasteiger partial charge in [-0.25, -0.2) is 4.98 Å². The van der Waals surface area contributed by atoms with Gasteiger partial charge in [0.15, 0.2) is 12.4 Å². The number of aromatic nitrogens is 1. The lowest BCUT2D eigenvalue weighted by atomic mass is 10.0. The summed E-state index contributed by atoms with van der Waals surface area (Å²) >= 11 is 1.61. The van der Waals surface area contributed by atoms with Gasteiger partial charge in [-0.15, -0.1) is 11.3 Å². The highest BCUT2D eigenvalue weighted by Crippen LogP contribution is 2.26. The van der Waals surface area contributed by atoms with Gasteiger partial charge in [0.1, 0.15) is 5.75 Å². The van der Waals surface area contributed by atoms with Crippen molar-refractivity contribution in [2.75, 3.05) is 0 Å². The smallest absolute Gasteiger partial charge is 0.232 e. The predicted molar refractivity (Wildman–Crippen MR) is 101 cm³/mol. The molecule has 4 aromatic rings. The molecule has 2 aromatic carbocycles. The molecule has 0 amide bonds. The molecular formula is C21H14N2O2S. The highest BCUT2D eigenvalue weighted by molar-refractivity contribution is 7.13. The Hall–Kier alpha value is -3.36. The second-order valence-corrected chi connectivity index (χ2v) is 6.55. The van der Waals surface area contributed by atoms with Crippen molar-refractivity contribution in [2.24, 2.45) is 0 Å². The van der Waals surface area contributed by atoms with Crippen molar-refractivity contribution in [1.82, 2.24) is 4.98 Å². The highest BCUT2D eigenvalue weighted by Gasteiger charge is 2.08. The monoisotopic (exact) mass is 358 g/mol. The van der Waals surface area contributed by atoms with E-state index in [0.29, 0.717) is 11.5 Å². The summed E-state index contributed by atoms with van der Waals surface area (Å²) in [6.07, 6.45) is 1.72. The number of thiophene rings is 1. The van der Waals surface area contributed by atoms with Crippen molar-refractivity contribution in [3.05, 3.63) is 83.7 Å². The van der Waals surface area contributed by atoms with E-state index in [1.165, 1.54) is 0 Å². The number of nitriles is 1. The maximum Gasteiger partial charge on any atom is 0.232 e. The molecule has 0 fully saturated rings. The van der Waals surface area contributed by atoms with Crippen molar-refractivity contribution in [2.45, 2.75) is 6.61 Å². The molecule has 0 saturated heterocycles. The van der Waals surface area contributed by atoms with E-state index < -0.39 is 0 Å². The molecule has 0 aliphatic heterocycles. The van der Waals surface area contributed by atoms with Gasteiger partial charge in [-0.1, -0.05) is 30.3 Å². The number of hydrogen-bond acceptors (Lipinski definition) is 5. The first-order chi connectivity index (χ1) is 12.8. The average Bonchev–Trinajstić information content (AvgIpc) is 3.38. The largest absolute Gasteiger partial charge is 0.484 e. The third-order valence-electron chi connectivity index (χ3n) is 3.88. The van der Waals surface area contributed by atoms with Gasteiger partial charge in [-0.3, -0.25) is 0 Å². The zero-order valence-electron chi connectivity index (χ0n) is 13.8. The molecular weight excluding hydrogens is 344 g/mol. The Balaban J connectivity index is 1.40. The number of rotatable bonds is 5. The van der Waals surface area contributed by atoms with Gasteiger partial charge in [0.2, 0.25) is 5.89 Å². The third-order valence-corrected chi connectivity index (χ3v) is 4.77. The molecule has 126 valence electrons. The SMILES string of the molecule is N#Cc1ccc(-c2ccc(OCc3ncc(-c4cccs4)o3)cc2)cc1. The van der Waals surface area contributed by atoms with E-state index in [1.807, 2.05) is 66.0 Å². The molecule has 0 saturated carbocycles. The first-order valence-corrected chi connectivity index (χ1v) is 8.92. The predicted octanol–water partition coefficient (Wildman–Crippen LogP) is 5.52. The van der Waals surface area contributed by atoms with Crippen LogP contribution in [-0.2, 0) is 6.61 Å². The second kappa shape index (κ2) is 7.26. The normalized spacial score (nSPS) is 10.4. The van der Waals surface area contributed by atoms with Crippen molar-refractivity contribution < 1.29 is 9.15 Å². The van der Waals surface area contributed by atoms with Gasteiger partial charge in [-0.05, 0) is 46.8 Å². The molecule has 0 aliphatic rings. The van der Waals surface area contributed by atoms with Crippen LogP contribution < -0.4 is 4.74 Å². The summed E-state index contributed by atoms with van der Waals surface area (Å²) in [6.45, 7) is 0.279. The summed E-state index contributed by atoms with van der Waals surface area (Å²) in [5, 5.41) is 10.9. The summed E-state index contributed by atoms with van der Waals surface area (Å²) in [5.74, 6) is 2.05. The van der Waals surface area contributed by atoms with Gasteiger partial charge >= 0.3 is 0 Å². The summed E-state index contributed by atoms with van der Waals surface area (Å²) in [7, 11) is 0. The standard InChI is InChI=1S/C21H14N2O2S/c22-12-15-3-5-16(6-4-15)17-7-9-18(10-8-17)24-14-21-23-13-19(25-21)20-2-1-11-26-20/h1-11,13H,14H2. The van der Waals surface area contributed by atoms with Crippen molar-refractivity contribution in [3.8, 4) is 33.6 Å². The van der Waals surface area contributed by atoms with E-state index in [2.05, 4.69) is 11.1 Å². The Morgan fingerprint density at radius 2 is 1.73 bits per heavy atom. The minimum absolute atomic E-state index is 0.279. The van der Waals surface area contributed by atoms with E-state index in [9.17, 15) is 0 Å². The Morgan fingerprint density at radius 3 is 2.38 bits per heavy atom. The second-order valence-electron chi connectivity index (χ2n) is 5.60. The zero-order valence-corrected chi connectivity index (χ0v) is 14.6. The van der Waals surface area contributed by atoms with Crippen LogP contribution in [0.25, 0.3) is 21.8 Å². The zero-order chi connectivity index (χ0) is 17.8. The molecule has 0 bridgehead atoms. The molecule has 4 nitrogen and oxygen atoms in total. The average molecular weight is 358 g/mol. The van der Waals surface area contributed by atoms with Crippen molar-refractivity contribution >= 4 is 11.3 Å². The number of ether oxygens (including phenoxy) is 1. The first kappa shape index (κ1) is 16.1. The van der Waals surface area contributed by atoms with Crippen LogP contribution in [-0.4, -0.2) is 4.98 Å². The number of benzene rings is 2. The summed E-state index contributed by atoms with van der Waals surface area (Å²) in [5.41, 5.74) is 2.78. The summed E-state index contributed by atoms with van der Waals surface area (Å²) < 4.78 is 11.5. The van der Waals surface area contributed by atoms with Crippen molar-refractivity contribution in [3.63, 3.8) is 0 Å². The maximum atomic E-state index is 8.86. The van der Waals surface area contributed by atoms with Crippen LogP contribution in [0.5, 0.6) is 5.75 Å². The van der Waals surface area contributed by atoms with Gasteiger partial charge < -0.3 is 9.15 Å². The molecule has 0 spiro atoms. The Kier molecular flexibility index (Phi) is 4.50. The lowest BCUT2D eigenvalue weighted by molar-refractivity contribution is 0.264. The van der Waals surface area contributed by atoms with Crippen LogP contribution in [0, 0.1) is 11.3 Å². The van der Waals surface area contributed by atoms with Gasteiger partial charge in [0, 0.05) is 0 Å². The van der Waals surface area contributed by atoms with E-state index in [1.54, 1.807) is 17.5 Å². The van der Waals surface area contributed by atoms with Crippen LogP contribution in [0.15, 0.2) is 76.7 Å². The van der Waals surface area contributed by atoms with Crippen LogP contribution in [0.3, 0.4) is 0 Å². The molecule has 5 heteroatoms. The molecule has 0 aliphatic carbocycles. The number of nitrogens with zero attached hydrogens (tertiary/aromatic N) is 2. The fourth-order valence-corrected chi connectivity index (χ4v) is 3.21. The third kappa shape index (κ3) is 3.51. The molecule has 0 atom stereocenters. The van der Waals surface area contributed by atoms with Crippen LogP contribution >= 0.6 is 11.3 Å². The Morgan fingerprint density at radius 1 is 1.00 bits per heavy atom. The van der Waals surface area contributed by atoms with E-state index in [4.69, 9.17) is 14.4 Å². The summed E-state index contributed by atoms with van der Waals surface area (Å²) in [4.78, 5) is 5.31. The minimum Gasteiger partial charge on any atom is -0.484 e. The lowest BCUT2D eigenvalue weighted by Gasteiger charge is -2.06. The van der Waals surface area contributed by atoms with Gasteiger partial charge in [-0.2, -0.15) is 5.26 Å². The van der Waals surface area contributed by atoms with Crippen LogP contribution in [0.4, 0.5) is 0 Å². The van der Waals surface area contributed by atoms with Crippen LogP contribution in [0.1, 0.15) is 11.5 Å². The fourth-order valence-electron chi connectivity index (χ4n) is 2.54. The molecule has 26 heavy (non-hydrogen) atoms. The number of hydrogen-bond donors (Lipinski definition) is 0. The molecule has 0 radical (unpaired) electrons. The maximum absolute atomic E-state index is 8.86. The topological polar surface area (TPSA) is 59.0 Å². The fraction of sp³-hybridized carbons (Fsp3) is 0.0476. The van der Waals surface area contributed by atoms with Crippen molar-refractivity contribution in [1.29, 1.82) is 5.26 Å². The quantitative estimate of drug-likeness (QED) is 0.471. The van der Waals surface area contributed by atoms with E-state index in [0.717, 1.165) is 27.5 Å². The molecule has 2 heterocycles. The van der Waals surface area contributed by atoms with E-state index in [-0.39, 0.29) is 6.61 Å². The highest BCUT2D eigenvalue weighted by atomic mass is 32.1. The molecule has 4 rings (SSSR count). The Labute approximate surface area is 154 Å². The lowest BCUT2D eigenvalue weighted by Crippen LogP contribution is -1.95. The van der Waals surface area contributed by atoms with Gasteiger partial charge in [0.25, 0.3) is 0 Å². The molecule has 0 unspecified atom stereocenters. The minimum atomic E-state index is 0.279. The molecule has 0 N–H and O–H groups in total. The number of oxazole rings is 1. The Bertz CT molecular complexity index is 1030. The summed E-state index contributed by atoms with van der Waals surface area (Å²) in [6, 6.07) is 21.4. The van der Waals surface area contributed by atoms with Gasteiger partial charge in [0.05, 0.1) is 22.7 Å². The van der Waals surface area contributed by atoms with Crippen LogP contribution in [0.2, 0.25) is 0 Å². The van der Waals surface area contributed by atoms with E-state index >= 15 is 0 Å². The first-order valence-electron chi connectivity index (χ1n) is 8.04.